The Balaban J connectivity index is 1.38. The molecule has 2 amide bonds. The van der Waals surface area contributed by atoms with E-state index in [-0.39, 0.29) is 48.9 Å². The summed E-state index contributed by atoms with van der Waals surface area (Å²) in [4.78, 5) is 14.5. The molecule has 2 aromatic rings. The molecule has 2 aliphatic heterocycles. The number of carbonyl (C=O) groups excluding carboxylic acids is 1. The van der Waals surface area contributed by atoms with Crippen molar-refractivity contribution in [3.63, 3.8) is 0 Å². The molecule has 10 nitrogen and oxygen atoms in total. The van der Waals surface area contributed by atoms with Crippen LogP contribution in [0.4, 0.5) is 4.79 Å². The van der Waals surface area contributed by atoms with Crippen LogP contribution in [-0.2, 0) is 10.0 Å². The second-order valence-corrected chi connectivity index (χ2v) is 9.89. The molecule has 1 unspecified atom stereocenters. The topological polar surface area (TPSA) is 107 Å². The standard InChI is InChI=1S/C23H29N3O7S/c1-16(17-4-6-19-21(14-17)33-13-12-32-19)24-23(27)25-8-10-26(11-9-25)34(28,29)22-15-18(30-2)5-7-20(22)31-3/h4-7,14-16H,8-13H2,1-3H3,(H,24,27). The summed E-state index contributed by atoms with van der Waals surface area (Å²) < 4.78 is 49.4. The van der Waals surface area contributed by atoms with Gasteiger partial charge in [0.15, 0.2) is 11.5 Å². The summed E-state index contributed by atoms with van der Waals surface area (Å²) in [6.07, 6.45) is 0. The van der Waals surface area contributed by atoms with E-state index >= 15 is 0 Å². The van der Waals surface area contributed by atoms with E-state index in [2.05, 4.69) is 5.32 Å². The Hall–Kier alpha value is -3.18. The summed E-state index contributed by atoms with van der Waals surface area (Å²) in [5.41, 5.74) is 0.893. The van der Waals surface area contributed by atoms with Crippen LogP contribution in [0, 0.1) is 0 Å². The van der Waals surface area contributed by atoms with Crippen molar-refractivity contribution in [1.82, 2.24) is 14.5 Å². The van der Waals surface area contributed by atoms with Crippen molar-refractivity contribution in [3.05, 3.63) is 42.0 Å². The first-order valence-corrected chi connectivity index (χ1v) is 12.4. The molecule has 11 heteroatoms. The van der Waals surface area contributed by atoms with Crippen molar-refractivity contribution in [3.8, 4) is 23.0 Å². The first-order chi connectivity index (χ1) is 16.3. The number of benzene rings is 2. The third-order valence-electron chi connectivity index (χ3n) is 5.92. The van der Waals surface area contributed by atoms with Crippen LogP contribution in [0.3, 0.4) is 0 Å². The third-order valence-corrected chi connectivity index (χ3v) is 7.84. The zero-order valence-electron chi connectivity index (χ0n) is 19.4. The Morgan fingerprint density at radius 1 is 0.971 bits per heavy atom. The van der Waals surface area contributed by atoms with Crippen LogP contribution in [0.2, 0.25) is 0 Å². The normalized spacial score (nSPS) is 17.1. The SMILES string of the molecule is COc1ccc(OC)c(S(=O)(=O)N2CCN(C(=O)NC(C)c3ccc4c(c3)OCCO4)CC2)c1. The molecule has 4 rings (SSSR count). The monoisotopic (exact) mass is 491 g/mol. The van der Waals surface area contributed by atoms with Gasteiger partial charge in [-0.1, -0.05) is 6.07 Å². The second-order valence-electron chi connectivity index (χ2n) is 7.98. The van der Waals surface area contributed by atoms with Gasteiger partial charge in [-0.25, -0.2) is 13.2 Å². The van der Waals surface area contributed by atoms with Crippen molar-refractivity contribution in [1.29, 1.82) is 0 Å². The molecule has 1 saturated heterocycles. The molecule has 1 N–H and O–H groups in total. The predicted molar refractivity (Wildman–Crippen MR) is 124 cm³/mol. The number of nitrogens with zero attached hydrogens (tertiary/aromatic N) is 2. The largest absolute Gasteiger partial charge is 0.497 e. The average Bonchev–Trinajstić information content (AvgIpc) is 2.87. The highest BCUT2D eigenvalue weighted by Crippen LogP contribution is 2.33. The fraction of sp³-hybridized carbons (Fsp3) is 0.435. The number of methoxy groups -OCH3 is 2. The summed E-state index contributed by atoms with van der Waals surface area (Å²) in [5, 5.41) is 2.98. The minimum Gasteiger partial charge on any atom is -0.497 e. The fourth-order valence-corrected chi connectivity index (χ4v) is 5.54. The highest BCUT2D eigenvalue weighted by atomic mass is 32.2. The number of rotatable bonds is 6. The van der Waals surface area contributed by atoms with Crippen LogP contribution in [0.5, 0.6) is 23.0 Å². The molecule has 0 bridgehead atoms. The van der Waals surface area contributed by atoms with Gasteiger partial charge in [-0.05, 0) is 36.8 Å². The number of fused-ring (bicyclic) bond motifs is 1. The molecule has 34 heavy (non-hydrogen) atoms. The number of amides is 2. The highest BCUT2D eigenvalue weighted by Gasteiger charge is 2.33. The minimum atomic E-state index is -3.82. The third kappa shape index (κ3) is 4.85. The molecule has 2 heterocycles. The first-order valence-electron chi connectivity index (χ1n) is 11.0. The summed E-state index contributed by atoms with van der Waals surface area (Å²) in [7, 11) is -0.921. The lowest BCUT2D eigenvalue weighted by Crippen LogP contribution is -2.53. The quantitative estimate of drug-likeness (QED) is 0.661. The second kappa shape index (κ2) is 9.98. The number of piperazine rings is 1. The van der Waals surface area contributed by atoms with E-state index in [0.29, 0.717) is 30.5 Å². The maximum absolute atomic E-state index is 13.2. The van der Waals surface area contributed by atoms with E-state index in [9.17, 15) is 13.2 Å². The summed E-state index contributed by atoms with van der Waals surface area (Å²) in [5.74, 6) is 2.02. The van der Waals surface area contributed by atoms with Gasteiger partial charge in [-0.15, -0.1) is 0 Å². The van der Waals surface area contributed by atoms with Gasteiger partial charge in [-0.2, -0.15) is 4.31 Å². The molecule has 2 aromatic carbocycles. The lowest BCUT2D eigenvalue weighted by molar-refractivity contribution is 0.168. The van der Waals surface area contributed by atoms with Gasteiger partial charge in [0.2, 0.25) is 10.0 Å². The molecular formula is C23H29N3O7S. The fourth-order valence-electron chi connectivity index (χ4n) is 3.95. The van der Waals surface area contributed by atoms with E-state index in [1.807, 2.05) is 25.1 Å². The Morgan fingerprint density at radius 3 is 2.35 bits per heavy atom. The number of nitrogens with one attached hydrogen (secondary N) is 1. The first kappa shape index (κ1) is 24.0. The Morgan fingerprint density at radius 2 is 1.68 bits per heavy atom. The molecule has 0 radical (unpaired) electrons. The predicted octanol–water partition coefficient (Wildman–Crippen LogP) is 2.25. The van der Waals surface area contributed by atoms with E-state index in [1.54, 1.807) is 17.0 Å². The average molecular weight is 492 g/mol. The molecule has 0 saturated carbocycles. The molecule has 0 aromatic heterocycles. The Bertz CT molecular complexity index is 1150. The Kier molecular flexibility index (Phi) is 7.03. The summed E-state index contributed by atoms with van der Waals surface area (Å²) >= 11 is 0. The van der Waals surface area contributed by atoms with E-state index < -0.39 is 10.0 Å². The van der Waals surface area contributed by atoms with Crippen LogP contribution >= 0.6 is 0 Å². The van der Waals surface area contributed by atoms with Gasteiger partial charge in [0.25, 0.3) is 0 Å². The highest BCUT2D eigenvalue weighted by molar-refractivity contribution is 7.89. The van der Waals surface area contributed by atoms with Gasteiger partial charge in [-0.3, -0.25) is 0 Å². The molecule has 1 atom stereocenters. The van der Waals surface area contributed by atoms with Crippen LogP contribution < -0.4 is 24.3 Å². The lowest BCUT2D eigenvalue weighted by atomic mass is 10.1. The van der Waals surface area contributed by atoms with Crippen molar-refractivity contribution in [2.45, 2.75) is 17.9 Å². The lowest BCUT2D eigenvalue weighted by Gasteiger charge is -2.34. The van der Waals surface area contributed by atoms with Crippen molar-refractivity contribution >= 4 is 16.1 Å². The van der Waals surface area contributed by atoms with Gasteiger partial charge < -0.3 is 29.2 Å². The number of urea groups is 1. The van der Waals surface area contributed by atoms with Crippen LogP contribution in [0.25, 0.3) is 0 Å². The van der Waals surface area contributed by atoms with Crippen LogP contribution in [-0.4, -0.2) is 77.3 Å². The van der Waals surface area contributed by atoms with Crippen LogP contribution in [0.15, 0.2) is 41.3 Å². The number of ether oxygens (including phenoxy) is 4. The smallest absolute Gasteiger partial charge is 0.317 e. The van der Waals surface area contributed by atoms with Gasteiger partial charge >= 0.3 is 6.03 Å². The summed E-state index contributed by atoms with van der Waals surface area (Å²) in [6, 6.07) is 9.74. The van der Waals surface area contributed by atoms with Gasteiger partial charge in [0.1, 0.15) is 29.6 Å². The molecule has 184 valence electrons. The maximum Gasteiger partial charge on any atom is 0.317 e. The van der Waals surface area contributed by atoms with E-state index in [4.69, 9.17) is 18.9 Å². The van der Waals surface area contributed by atoms with Crippen molar-refractivity contribution in [2.24, 2.45) is 0 Å². The molecular weight excluding hydrogens is 462 g/mol. The number of hydrogen-bond acceptors (Lipinski definition) is 7. The molecule has 2 aliphatic rings. The zero-order valence-corrected chi connectivity index (χ0v) is 20.3. The Labute approximate surface area is 199 Å². The van der Waals surface area contributed by atoms with Gasteiger partial charge in [0, 0.05) is 32.2 Å². The maximum atomic E-state index is 13.2. The number of carbonyl (C=O) groups is 1. The summed E-state index contributed by atoms with van der Waals surface area (Å²) in [6.45, 7) is 3.79. The minimum absolute atomic E-state index is 0.0412. The van der Waals surface area contributed by atoms with E-state index in [1.165, 1.54) is 24.6 Å². The van der Waals surface area contributed by atoms with Crippen LogP contribution in [0.1, 0.15) is 18.5 Å². The number of hydrogen-bond donors (Lipinski definition) is 1. The number of sulfonamides is 1. The zero-order chi connectivity index (χ0) is 24.3. The molecule has 0 spiro atoms. The van der Waals surface area contributed by atoms with Gasteiger partial charge in [0.05, 0.1) is 20.3 Å². The van der Waals surface area contributed by atoms with Crippen molar-refractivity contribution < 1.29 is 32.2 Å². The molecule has 1 fully saturated rings. The van der Waals surface area contributed by atoms with Crippen molar-refractivity contribution in [2.75, 3.05) is 53.6 Å². The molecule has 0 aliphatic carbocycles. The van der Waals surface area contributed by atoms with E-state index in [0.717, 1.165) is 5.56 Å².